The lowest BCUT2D eigenvalue weighted by atomic mass is 10.1. The number of hydrogen-bond acceptors (Lipinski definition) is 5. The summed E-state index contributed by atoms with van der Waals surface area (Å²) >= 11 is 0. The summed E-state index contributed by atoms with van der Waals surface area (Å²) in [6.45, 7) is 5.09. The number of methoxy groups -OCH3 is 1. The van der Waals surface area contributed by atoms with Crippen molar-refractivity contribution in [2.45, 2.75) is 45.3 Å². The van der Waals surface area contributed by atoms with E-state index >= 15 is 0 Å². The molecule has 2 aromatic rings. The van der Waals surface area contributed by atoms with Crippen molar-refractivity contribution in [1.82, 2.24) is 4.90 Å². The monoisotopic (exact) mass is 359 g/mol. The standard InChI is InChI=1S/C20H25NO5/c1-4-14-11-19(22)26-18-12-16(5-6-17(14)18)25-13(2)20(23)21-9-7-15(24-3)8-10-21/h5-6,11-13,15H,4,7-10H2,1-3H3. The van der Waals surface area contributed by atoms with Crippen LogP contribution < -0.4 is 10.4 Å². The molecule has 1 unspecified atom stereocenters. The molecule has 1 aliphatic heterocycles. The molecule has 1 atom stereocenters. The molecule has 6 nitrogen and oxygen atoms in total. The molecule has 1 saturated heterocycles. The molecule has 26 heavy (non-hydrogen) atoms. The maximum atomic E-state index is 12.6. The van der Waals surface area contributed by atoms with E-state index in [-0.39, 0.29) is 17.6 Å². The topological polar surface area (TPSA) is 69.0 Å². The van der Waals surface area contributed by atoms with Gasteiger partial charge in [0.2, 0.25) is 0 Å². The number of amides is 1. The predicted octanol–water partition coefficient (Wildman–Crippen LogP) is 2.76. The number of benzene rings is 1. The quantitative estimate of drug-likeness (QED) is 0.768. The van der Waals surface area contributed by atoms with Gasteiger partial charge in [0.05, 0.1) is 6.10 Å². The van der Waals surface area contributed by atoms with Gasteiger partial charge >= 0.3 is 5.63 Å². The highest BCUT2D eigenvalue weighted by atomic mass is 16.5. The van der Waals surface area contributed by atoms with Crippen molar-refractivity contribution in [3.8, 4) is 5.75 Å². The van der Waals surface area contributed by atoms with Gasteiger partial charge in [-0.15, -0.1) is 0 Å². The van der Waals surface area contributed by atoms with Crippen LogP contribution in [0.15, 0.2) is 33.5 Å². The minimum atomic E-state index is -0.604. The first-order valence-corrected chi connectivity index (χ1v) is 9.06. The van der Waals surface area contributed by atoms with E-state index in [0.29, 0.717) is 24.4 Å². The minimum Gasteiger partial charge on any atom is -0.481 e. The zero-order chi connectivity index (χ0) is 18.7. The molecular formula is C20H25NO5. The second-order valence-electron chi connectivity index (χ2n) is 6.62. The molecule has 0 saturated carbocycles. The number of carbonyl (C=O) groups is 1. The molecule has 0 spiro atoms. The SMILES string of the molecule is CCc1cc(=O)oc2cc(OC(C)C(=O)N3CCC(OC)CC3)ccc12. The highest BCUT2D eigenvalue weighted by Gasteiger charge is 2.27. The Morgan fingerprint density at radius 1 is 1.31 bits per heavy atom. The van der Waals surface area contributed by atoms with Gasteiger partial charge in [-0.2, -0.15) is 0 Å². The third kappa shape index (κ3) is 3.90. The molecule has 2 heterocycles. The molecule has 0 aliphatic carbocycles. The minimum absolute atomic E-state index is 0.0385. The zero-order valence-corrected chi connectivity index (χ0v) is 15.5. The van der Waals surface area contributed by atoms with Gasteiger partial charge in [0.15, 0.2) is 6.10 Å². The van der Waals surface area contributed by atoms with Crippen LogP contribution in [0, 0.1) is 0 Å². The molecule has 1 amide bonds. The normalized spacial score (nSPS) is 16.7. The Hall–Kier alpha value is -2.34. The Labute approximate surface area is 152 Å². The van der Waals surface area contributed by atoms with Crippen LogP contribution in [0.4, 0.5) is 0 Å². The van der Waals surface area contributed by atoms with Crippen LogP contribution in [0.3, 0.4) is 0 Å². The number of aryl methyl sites for hydroxylation is 1. The lowest BCUT2D eigenvalue weighted by Crippen LogP contribution is -2.46. The van der Waals surface area contributed by atoms with Crippen molar-refractivity contribution < 1.29 is 18.7 Å². The van der Waals surface area contributed by atoms with Crippen molar-refractivity contribution in [1.29, 1.82) is 0 Å². The number of rotatable bonds is 5. The lowest BCUT2D eigenvalue weighted by molar-refractivity contribution is -0.140. The second-order valence-corrected chi connectivity index (χ2v) is 6.62. The first-order chi connectivity index (χ1) is 12.5. The fourth-order valence-corrected chi connectivity index (χ4v) is 3.40. The van der Waals surface area contributed by atoms with Crippen molar-refractivity contribution in [3.63, 3.8) is 0 Å². The van der Waals surface area contributed by atoms with E-state index in [4.69, 9.17) is 13.9 Å². The average Bonchev–Trinajstić information content (AvgIpc) is 2.66. The third-order valence-corrected chi connectivity index (χ3v) is 4.93. The lowest BCUT2D eigenvalue weighted by Gasteiger charge is -2.32. The summed E-state index contributed by atoms with van der Waals surface area (Å²) < 4.78 is 16.4. The number of piperidine rings is 1. The van der Waals surface area contributed by atoms with E-state index in [1.54, 1.807) is 20.1 Å². The van der Waals surface area contributed by atoms with Gasteiger partial charge in [-0.1, -0.05) is 6.92 Å². The number of nitrogens with zero attached hydrogens (tertiary/aromatic N) is 1. The molecule has 1 fully saturated rings. The van der Waals surface area contributed by atoms with E-state index in [1.807, 2.05) is 24.0 Å². The van der Waals surface area contributed by atoms with Crippen LogP contribution in [-0.2, 0) is 16.0 Å². The Kier molecular flexibility index (Phi) is 5.61. The summed E-state index contributed by atoms with van der Waals surface area (Å²) in [5.41, 5.74) is 1.04. The molecule has 1 aromatic carbocycles. The summed E-state index contributed by atoms with van der Waals surface area (Å²) in [6, 6.07) is 6.87. The smallest absolute Gasteiger partial charge is 0.336 e. The predicted molar refractivity (Wildman–Crippen MR) is 98.6 cm³/mol. The zero-order valence-electron chi connectivity index (χ0n) is 15.5. The van der Waals surface area contributed by atoms with Crippen molar-refractivity contribution >= 4 is 16.9 Å². The van der Waals surface area contributed by atoms with Crippen LogP contribution >= 0.6 is 0 Å². The number of ether oxygens (including phenoxy) is 2. The maximum absolute atomic E-state index is 12.6. The second kappa shape index (κ2) is 7.91. The molecule has 1 aliphatic rings. The molecule has 1 aromatic heterocycles. The Morgan fingerprint density at radius 3 is 2.69 bits per heavy atom. The first-order valence-electron chi connectivity index (χ1n) is 9.06. The molecule has 140 valence electrons. The van der Waals surface area contributed by atoms with Gasteiger partial charge in [-0.05, 0) is 43.9 Å². The summed E-state index contributed by atoms with van der Waals surface area (Å²) in [5, 5.41) is 0.889. The van der Waals surface area contributed by atoms with E-state index in [2.05, 4.69) is 0 Å². The molecule has 0 radical (unpaired) electrons. The third-order valence-electron chi connectivity index (χ3n) is 4.93. The summed E-state index contributed by atoms with van der Waals surface area (Å²) in [4.78, 5) is 26.1. The Morgan fingerprint density at radius 2 is 2.04 bits per heavy atom. The molecule has 0 N–H and O–H groups in total. The van der Waals surface area contributed by atoms with Gasteiger partial charge < -0.3 is 18.8 Å². The van der Waals surface area contributed by atoms with Crippen molar-refractivity contribution in [2.75, 3.05) is 20.2 Å². The van der Waals surface area contributed by atoms with Gasteiger partial charge in [0, 0.05) is 37.7 Å². The number of likely N-dealkylation sites (tertiary alicyclic amines) is 1. The fourth-order valence-electron chi connectivity index (χ4n) is 3.40. The van der Waals surface area contributed by atoms with Gasteiger partial charge in [0.1, 0.15) is 11.3 Å². The van der Waals surface area contributed by atoms with E-state index in [0.717, 1.165) is 30.2 Å². The van der Waals surface area contributed by atoms with Gasteiger partial charge in [-0.25, -0.2) is 4.79 Å². The molecule has 3 rings (SSSR count). The highest BCUT2D eigenvalue weighted by molar-refractivity contribution is 5.83. The Balaban J connectivity index is 1.72. The number of carbonyl (C=O) groups excluding carboxylic acids is 1. The van der Waals surface area contributed by atoms with E-state index in [1.165, 1.54) is 6.07 Å². The maximum Gasteiger partial charge on any atom is 0.336 e. The number of fused-ring (bicyclic) bond motifs is 1. The summed E-state index contributed by atoms with van der Waals surface area (Å²) in [5.74, 6) is 0.477. The van der Waals surface area contributed by atoms with E-state index in [9.17, 15) is 9.59 Å². The first kappa shape index (κ1) is 18.5. The van der Waals surface area contributed by atoms with Crippen LogP contribution in [0.5, 0.6) is 5.75 Å². The summed E-state index contributed by atoms with van der Waals surface area (Å²) in [6.07, 6.45) is 2.06. The largest absolute Gasteiger partial charge is 0.481 e. The van der Waals surface area contributed by atoms with Gasteiger partial charge in [0.25, 0.3) is 5.91 Å². The van der Waals surface area contributed by atoms with Gasteiger partial charge in [-0.3, -0.25) is 4.79 Å². The summed E-state index contributed by atoms with van der Waals surface area (Å²) in [7, 11) is 1.70. The fraction of sp³-hybridized carbons (Fsp3) is 0.500. The van der Waals surface area contributed by atoms with Crippen LogP contribution in [0.25, 0.3) is 11.0 Å². The highest BCUT2D eigenvalue weighted by Crippen LogP contribution is 2.24. The molecule has 6 heteroatoms. The average molecular weight is 359 g/mol. The van der Waals surface area contributed by atoms with Crippen LogP contribution in [-0.4, -0.2) is 43.2 Å². The molecular weight excluding hydrogens is 334 g/mol. The van der Waals surface area contributed by atoms with Crippen LogP contribution in [0.1, 0.15) is 32.3 Å². The van der Waals surface area contributed by atoms with Crippen LogP contribution in [0.2, 0.25) is 0 Å². The van der Waals surface area contributed by atoms with E-state index < -0.39 is 6.10 Å². The molecule has 0 bridgehead atoms. The van der Waals surface area contributed by atoms with Crippen molar-refractivity contribution in [2.24, 2.45) is 0 Å². The Bertz CT molecular complexity index is 836. The number of hydrogen-bond donors (Lipinski definition) is 0. The van der Waals surface area contributed by atoms with Crippen molar-refractivity contribution in [3.05, 3.63) is 40.2 Å².